The lowest BCUT2D eigenvalue weighted by Crippen LogP contribution is -2.21. The van der Waals surface area contributed by atoms with E-state index in [1.54, 1.807) is 4.68 Å². The first-order valence-corrected chi connectivity index (χ1v) is 7.00. The Morgan fingerprint density at radius 1 is 1.24 bits per heavy atom. The predicted octanol–water partition coefficient (Wildman–Crippen LogP) is 2.78. The van der Waals surface area contributed by atoms with Gasteiger partial charge in [0.25, 0.3) is 0 Å². The summed E-state index contributed by atoms with van der Waals surface area (Å²) in [5.41, 5.74) is 6.36. The smallest absolute Gasteiger partial charge is 0.184 e. The van der Waals surface area contributed by atoms with Crippen LogP contribution in [0.4, 0.5) is 14.5 Å². The van der Waals surface area contributed by atoms with Crippen molar-refractivity contribution in [1.29, 1.82) is 0 Å². The van der Waals surface area contributed by atoms with Crippen LogP contribution in [0.15, 0.2) is 12.1 Å². The van der Waals surface area contributed by atoms with Gasteiger partial charge in [-0.15, -0.1) is 5.10 Å². The van der Waals surface area contributed by atoms with Crippen molar-refractivity contribution in [2.75, 3.05) is 5.73 Å². The standard InChI is InChI=1S/C14H17F2N5/c1-14(4-2-3-5-14)8-21-13(18-19-20-21)9-6-10(15)11(16)7-12(9)17/h6-7H,2-5,8,17H2,1H3. The summed E-state index contributed by atoms with van der Waals surface area (Å²) in [4.78, 5) is 0. The van der Waals surface area contributed by atoms with Crippen LogP contribution in [0.5, 0.6) is 0 Å². The normalized spacial score (nSPS) is 17.3. The number of hydrogen-bond donors (Lipinski definition) is 1. The van der Waals surface area contributed by atoms with E-state index in [-0.39, 0.29) is 11.1 Å². The van der Waals surface area contributed by atoms with Crippen LogP contribution in [-0.4, -0.2) is 20.2 Å². The third-order valence-electron chi connectivity index (χ3n) is 4.21. The van der Waals surface area contributed by atoms with Gasteiger partial charge < -0.3 is 5.73 Å². The minimum Gasteiger partial charge on any atom is -0.398 e. The van der Waals surface area contributed by atoms with E-state index < -0.39 is 11.6 Å². The lowest BCUT2D eigenvalue weighted by molar-refractivity contribution is 0.267. The first-order valence-electron chi connectivity index (χ1n) is 7.00. The fourth-order valence-electron chi connectivity index (χ4n) is 3.01. The molecule has 3 rings (SSSR count). The molecule has 1 aliphatic rings. The number of rotatable bonds is 3. The van der Waals surface area contributed by atoms with Crippen molar-refractivity contribution in [2.45, 2.75) is 39.2 Å². The number of hydrogen-bond acceptors (Lipinski definition) is 4. The molecule has 1 fully saturated rings. The number of nitrogens with two attached hydrogens (primary N) is 1. The van der Waals surface area contributed by atoms with E-state index in [9.17, 15) is 8.78 Å². The Balaban J connectivity index is 1.97. The molecule has 1 saturated carbocycles. The second-order valence-electron chi connectivity index (χ2n) is 6.03. The number of nitrogens with zero attached hydrogens (tertiary/aromatic N) is 4. The molecule has 21 heavy (non-hydrogen) atoms. The first kappa shape index (κ1) is 13.9. The molecule has 0 atom stereocenters. The van der Waals surface area contributed by atoms with E-state index in [1.165, 1.54) is 12.8 Å². The van der Waals surface area contributed by atoms with Crippen LogP contribution in [-0.2, 0) is 6.54 Å². The van der Waals surface area contributed by atoms with Crippen LogP contribution in [0.3, 0.4) is 0 Å². The lowest BCUT2D eigenvalue weighted by Gasteiger charge is -2.23. The van der Waals surface area contributed by atoms with Gasteiger partial charge in [0.15, 0.2) is 17.5 Å². The average Bonchev–Trinajstić information content (AvgIpc) is 3.04. The molecule has 0 unspecified atom stereocenters. The van der Waals surface area contributed by atoms with E-state index in [0.717, 1.165) is 25.0 Å². The maximum absolute atomic E-state index is 13.5. The quantitative estimate of drug-likeness (QED) is 0.883. The highest BCUT2D eigenvalue weighted by atomic mass is 19.2. The minimum absolute atomic E-state index is 0.126. The van der Waals surface area contributed by atoms with E-state index in [4.69, 9.17) is 5.73 Å². The van der Waals surface area contributed by atoms with Crippen LogP contribution in [0, 0.1) is 17.0 Å². The molecule has 2 N–H and O–H groups in total. The molecule has 2 aromatic rings. The van der Waals surface area contributed by atoms with Crippen LogP contribution in [0.25, 0.3) is 11.4 Å². The van der Waals surface area contributed by atoms with Gasteiger partial charge in [-0.3, -0.25) is 0 Å². The van der Waals surface area contributed by atoms with Crippen molar-refractivity contribution in [3.05, 3.63) is 23.8 Å². The number of nitrogen functional groups attached to an aromatic ring is 1. The fraction of sp³-hybridized carbons (Fsp3) is 0.500. The molecule has 1 aromatic heterocycles. The predicted molar refractivity (Wildman–Crippen MR) is 74.2 cm³/mol. The summed E-state index contributed by atoms with van der Waals surface area (Å²) in [7, 11) is 0. The lowest BCUT2D eigenvalue weighted by atomic mass is 9.89. The summed E-state index contributed by atoms with van der Waals surface area (Å²) >= 11 is 0. The third-order valence-corrected chi connectivity index (χ3v) is 4.21. The number of anilines is 1. The van der Waals surface area contributed by atoms with E-state index >= 15 is 0 Å². The molecular formula is C14H17F2N5. The Morgan fingerprint density at radius 2 is 1.90 bits per heavy atom. The Bertz CT molecular complexity index is 661. The number of benzene rings is 1. The average molecular weight is 293 g/mol. The summed E-state index contributed by atoms with van der Waals surface area (Å²) in [6.45, 7) is 2.84. The second kappa shape index (κ2) is 5.05. The van der Waals surface area contributed by atoms with Crippen LogP contribution < -0.4 is 5.73 Å². The Hall–Kier alpha value is -2.05. The maximum atomic E-state index is 13.5. The zero-order chi connectivity index (χ0) is 15.0. The Kier molecular flexibility index (Phi) is 3.35. The van der Waals surface area contributed by atoms with Gasteiger partial charge in [0, 0.05) is 17.3 Å². The maximum Gasteiger partial charge on any atom is 0.184 e. The Morgan fingerprint density at radius 3 is 2.62 bits per heavy atom. The third kappa shape index (κ3) is 2.59. The molecule has 0 spiro atoms. The summed E-state index contributed by atoms with van der Waals surface area (Å²) in [5.74, 6) is -1.56. The fourth-order valence-corrected chi connectivity index (χ4v) is 3.01. The molecule has 1 heterocycles. The zero-order valence-electron chi connectivity index (χ0n) is 11.8. The van der Waals surface area contributed by atoms with Gasteiger partial charge >= 0.3 is 0 Å². The van der Waals surface area contributed by atoms with Crippen molar-refractivity contribution in [2.24, 2.45) is 5.41 Å². The zero-order valence-corrected chi connectivity index (χ0v) is 11.8. The minimum atomic E-state index is -0.974. The van der Waals surface area contributed by atoms with Crippen molar-refractivity contribution in [1.82, 2.24) is 20.2 Å². The Labute approximate surface area is 121 Å². The van der Waals surface area contributed by atoms with Gasteiger partial charge in [-0.05, 0) is 34.7 Å². The SMILES string of the molecule is CC1(Cn2nnnc2-c2cc(F)c(F)cc2N)CCCC1. The first-order chi connectivity index (χ1) is 9.98. The van der Waals surface area contributed by atoms with Crippen LogP contribution in [0.1, 0.15) is 32.6 Å². The number of tetrazole rings is 1. The van der Waals surface area contributed by atoms with E-state index in [0.29, 0.717) is 17.9 Å². The van der Waals surface area contributed by atoms with Gasteiger partial charge in [0.05, 0.1) is 6.54 Å². The topological polar surface area (TPSA) is 69.6 Å². The van der Waals surface area contributed by atoms with Gasteiger partial charge in [0.1, 0.15) is 0 Å². The van der Waals surface area contributed by atoms with Gasteiger partial charge in [0.2, 0.25) is 0 Å². The molecule has 0 saturated heterocycles. The highest BCUT2D eigenvalue weighted by Gasteiger charge is 2.31. The van der Waals surface area contributed by atoms with Crippen molar-refractivity contribution in [3.63, 3.8) is 0 Å². The summed E-state index contributed by atoms with van der Waals surface area (Å²) in [6.07, 6.45) is 4.61. The second-order valence-corrected chi connectivity index (χ2v) is 6.03. The molecule has 112 valence electrons. The van der Waals surface area contributed by atoms with Crippen LogP contribution in [0.2, 0.25) is 0 Å². The molecule has 1 aromatic carbocycles. The molecule has 0 aliphatic heterocycles. The van der Waals surface area contributed by atoms with Gasteiger partial charge in [-0.1, -0.05) is 19.8 Å². The molecule has 1 aliphatic carbocycles. The van der Waals surface area contributed by atoms with Crippen LogP contribution >= 0.6 is 0 Å². The van der Waals surface area contributed by atoms with Crippen molar-refractivity contribution in [3.8, 4) is 11.4 Å². The summed E-state index contributed by atoms with van der Waals surface area (Å²) < 4.78 is 28.3. The molecule has 5 nitrogen and oxygen atoms in total. The van der Waals surface area contributed by atoms with Gasteiger partial charge in [-0.2, -0.15) is 0 Å². The molecule has 0 amide bonds. The highest BCUT2D eigenvalue weighted by molar-refractivity contribution is 5.71. The monoisotopic (exact) mass is 293 g/mol. The number of halogens is 2. The summed E-state index contributed by atoms with van der Waals surface area (Å²) in [6, 6.07) is 2.00. The molecule has 7 heteroatoms. The van der Waals surface area contributed by atoms with Crippen molar-refractivity contribution >= 4 is 5.69 Å². The van der Waals surface area contributed by atoms with E-state index in [1.807, 2.05) is 0 Å². The number of aromatic nitrogens is 4. The van der Waals surface area contributed by atoms with E-state index in [2.05, 4.69) is 22.4 Å². The van der Waals surface area contributed by atoms with Gasteiger partial charge in [-0.25, -0.2) is 13.5 Å². The molecule has 0 bridgehead atoms. The van der Waals surface area contributed by atoms with Crippen molar-refractivity contribution < 1.29 is 8.78 Å². The summed E-state index contributed by atoms with van der Waals surface area (Å²) in [5, 5.41) is 11.6. The molecular weight excluding hydrogens is 276 g/mol. The molecule has 0 radical (unpaired) electrons. The highest BCUT2D eigenvalue weighted by Crippen LogP contribution is 2.39. The largest absolute Gasteiger partial charge is 0.398 e.